The Morgan fingerprint density at radius 1 is 1.42 bits per heavy atom. The molecular weight excluding hydrogens is 176 g/mol. The van der Waals surface area contributed by atoms with E-state index in [-0.39, 0.29) is 5.54 Å². The summed E-state index contributed by atoms with van der Waals surface area (Å²) in [6, 6.07) is 0. The normalized spacial score (nSPS) is 22.8. The number of sulfonamides is 1. The summed E-state index contributed by atoms with van der Waals surface area (Å²) in [5.41, 5.74) is 5.21. The van der Waals surface area contributed by atoms with Gasteiger partial charge >= 0.3 is 0 Å². The second-order valence-electron chi connectivity index (χ2n) is 3.57. The van der Waals surface area contributed by atoms with E-state index in [1.54, 1.807) is 0 Å². The van der Waals surface area contributed by atoms with E-state index in [4.69, 9.17) is 5.73 Å². The standard InChI is InChI=1S/C7H16N2O2S/c1-12(10,11)9-7(6-8)4-2-3-5-7/h9H,2-6,8H2,1H3. The van der Waals surface area contributed by atoms with Gasteiger partial charge in [0.05, 0.1) is 6.26 Å². The van der Waals surface area contributed by atoms with Gasteiger partial charge in [-0.1, -0.05) is 12.8 Å². The van der Waals surface area contributed by atoms with Crippen LogP contribution in [0.5, 0.6) is 0 Å². The van der Waals surface area contributed by atoms with Gasteiger partial charge < -0.3 is 5.73 Å². The molecule has 1 aliphatic carbocycles. The molecule has 0 aromatic carbocycles. The Morgan fingerprint density at radius 3 is 2.25 bits per heavy atom. The zero-order valence-corrected chi connectivity index (χ0v) is 8.15. The van der Waals surface area contributed by atoms with Crippen LogP contribution >= 0.6 is 0 Å². The van der Waals surface area contributed by atoms with Crippen molar-refractivity contribution in [3.63, 3.8) is 0 Å². The smallest absolute Gasteiger partial charge is 0.209 e. The molecule has 0 heterocycles. The van der Waals surface area contributed by atoms with Crippen LogP contribution in [-0.4, -0.2) is 26.8 Å². The van der Waals surface area contributed by atoms with Crippen molar-refractivity contribution in [2.24, 2.45) is 5.73 Å². The second-order valence-corrected chi connectivity index (χ2v) is 5.31. The lowest BCUT2D eigenvalue weighted by Gasteiger charge is -2.27. The molecule has 12 heavy (non-hydrogen) atoms. The van der Waals surface area contributed by atoms with Crippen molar-refractivity contribution in [1.29, 1.82) is 0 Å². The lowest BCUT2D eigenvalue weighted by molar-refractivity contribution is 0.401. The Labute approximate surface area is 73.6 Å². The minimum absolute atomic E-state index is 0.340. The van der Waals surface area contributed by atoms with Crippen LogP contribution in [0.1, 0.15) is 25.7 Å². The first-order valence-corrected chi connectivity index (χ1v) is 6.06. The molecule has 5 heteroatoms. The van der Waals surface area contributed by atoms with Crippen molar-refractivity contribution in [3.8, 4) is 0 Å². The monoisotopic (exact) mass is 192 g/mol. The molecule has 72 valence electrons. The number of nitrogens with one attached hydrogen (secondary N) is 1. The number of rotatable bonds is 3. The summed E-state index contributed by atoms with van der Waals surface area (Å²) >= 11 is 0. The van der Waals surface area contributed by atoms with Gasteiger partial charge in [-0.2, -0.15) is 0 Å². The summed E-state index contributed by atoms with van der Waals surface area (Å²) in [6.45, 7) is 0.403. The van der Waals surface area contributed by atoms with Crippen LogP contribution in [0.2, 0.25) is 0 Å². The molecule has 3 N–H and O–H groups in total. The molecule has 1 saturated carbocycles. The number of nitrogens with two attached hydrogens (primary N) is 1. The first kappa shape index (κ1) is 9.95. The lowest BCUT2D eigenvalue weighted by Crippen LogP contribution is -2.51. The van der Waals surface area contributed by atoms with E-state index in [9.17, 15) is 8.42 Å². The Kier molecular flexibility index (Phi) is 2.75. The van der Waals surface area contributed by atoms with E-state index in [0.29, 0.717) is 6.54 Å². The van der Waals surface area contributed by atoms with Gasteiger partial charge in [-0.05, 0) is 12.8 Å². The van der Waals surface area contributed by atoms with Crippen molar-refractivity contribution in [1.82, 2.24) is 4.72 Å². The minimum atomic E-state index is -3.11. The van der Waals surface area contributed by atoms with Crippen molar-refractivity contribution in [3.05, 3.63) is 0 Å². The molecule has 1 fully saturated rings. The number of hydrogen-bond donors (Lipinski definition) is 2. The second kappa shape index (κ2) is 3.32. The Balaban J connectivity index is 2.68. The third-order valence-electron chi connectivity index (χ3n) is 2.35. The fraction of sp³-hybridized carbons (Fsp3) is 1.00. The van der Waals surface area contributed by atoms with Crippen molar-refractivity contribution in [2.75, 3.05) is 12.8 Å². The van der Waals surface area contributed by atoms with E-state index in [2.05, 4.69) is 4.72 Å². The molecule has 0 unspecified atom stereocenters. The molecule has 0 aromatic heterocycles. The van der Waals surface area contributed by atoms with Crippen LogP contribution in [-0.2, 0) is 10.0 Å². The third-order valence-corrected chi connectivity index (χ3v) is 3.16. The molecule has 0 amide bonds. The summed E-state index contributed by atoms with van der Waals surface area (Å²) in [5.74, 6) is 0. The summed E-state index contributed by atoms with van der Waals surface area (Å²) in [6.07, 6.45) is 5.06. The highest BCUT2D eigenvalue weighted by atomic mass is 32.2. The molecule has 0 radical (unpaired) electrons. The van der Waals surface area contributed by atoms with Gasteiger partial charge in [0.25, 0.3) is 0 Å². The predicted octanol–water partition coefficient (Wildman–Crippen LogP) is -0.193. The van der Waals surface area contributed by atoms with E-state index >= 15 is 0 Å². The summed E-state index contributed by atoms with van der Waals surface area (Å²) in [5, 5.41) is 0. The van der Waals surface area contributed by atoms with Crippen LogP contribution in [0.3, 0.4) is 0 Å². The Morgan fingerprint density at radius 2 is 1.92 bits per heavy atom. The molecule has 1 rings (SSSR count). The highest BCUT2D eigenvalue weighted by Crippen LogP contribution is 2.28. The van der Waals surface area contributed by atoms with Crippen molar-refractivity contribution >= 4 is 10.0 Å². The molecule has 0 spiro atoms. The van der Waals surface area contributed by atoms with Crippen LogP contribution in [0.15, 0.2) is 0 Å². The predicted molar refractivity (Wildman–Crippen MR) is 48.2 cm³/mol. The van der Waals surface area contributed by atoms with Crippen molar-refractivity contribution in [2.45, 2.75) is 31.2 Å². The van der Waals surface area contributed by atoms with Crippen molar-refractivity contribution < 1.29 is 8.42 Å². The van der Waals surface area contributed by atoms with Crippen LogP contribution in [0.25, 0.3) is 0 Å². The van der Waals surface area contributed by atoms with Gasteiger partial charge in [-0.15, -0.1) is 0 Å². The molecule has 0 atom stereocenters. The fourth-order valence-electron chi connectivity index (χ4n) is 1.79. The average Bonchev–Trinajstić information content (AvgIpc) is 2.34. The van der Waals surface area contributed by atoms with Gasteiger partial charge in [0.1, 0.15) is 0 Å². The quantitative estimate of drug-likeness (QED) is 0.651. The summed E-state index contributed by atoms with van der Waals surface area (Å²) < 4.78 is 24.6. The van der Waals surface area contributed by atoms with E-state index in [0.717, 1.165) is 25.7 Å². The maximum absolute atomic E-state index is 11.0. The maximum Gasteiger partial charge on any atom is 0.209 e. The third kappa shape index (κ3) is 2.43. The molecule has 0 saturated heterocycles. The van der Waals surface area contributed by atoms with Crippen LogP contribution < -0.4 is 10.5 Å². The summed E-state index contributed by atoms with van der Waals surface area (Å²) in [7, 11) is -3.11. The largest absolute Gasteiger partial charge is 0.329 e. The molecule has 0 aromatic rings. The Bertz CT molecular complexity index is 242. The van der Waals surface area contributed by atoms with E-state index in [1.165, 1.54) is 6.26 Å². The zero-order valence-electron chi connectivity index (χ0n) is 7.34. The topological polar surface area (TPSA) is 72.2 Å². The van der Waals surface area contributed by atoms with Gasteiger partial charge in [-0.3, -0.25) is 0 Å². The highest BCUT2D eigenvalue weighted by molar-refractivity contribution is 7.88. The average molecular weight is 192 g/mol. The molecule has 4 nitrogen and oxygen atoms in total. The first-order valence-electron chi connectivity index (χ1n) is 4.16. The van der Waals surface area contributed by atoms with Crippen LogP contribution in [0.4, 0.5) is 0 Å². The van der Waals surface area contributed by atoms with Gasteiger partial charge in [0, 0.05) is 12.1 Å². The molecule has 1 aliphatic rings. The van der Waals surface area contributed by atoms with Gasteiger partial charge in [0.15, 0.2) is 0 Å². The van der Waals surface area contributed by atoms with Crippen LogP contribution in [0, 0.1) is 0 Å². The zero-order chi connectivity index (χ0) is 9.24. The minimum Gasteiger partial charge on any atom is -0.329 e. The Hall–Kier alpha value is -0.130. The van der Waals surface area contributed by atoms with E-state index in [1.807, 2.05) is 0 Å². The lowest BCUT2D eigenvalue weighted by atomic mass is 10.0. The fourth-order valence-corrected chi connectivity index (χ4v) is 2.87. The SMILES string of the molecule is CS(=O)(=O)NC1(CN)CCCC1. The first-order chi connectivity index (χ1) is 5.47. The molecule has 0 aliphatic heterocycles. The maximum atomic E-state index is 11.0. The van der Waals surface area contributed by atoms with Gasteiger partial charge in [-0.25, -0.2) is 13.1 Å². The summed E-state index contributed by atoms with van der Waals surface area (Å²) in [4.78, 5) is 0. The molecular formula is C7H16N2O2S. The van der Waals surface area contributed by atoms with Gasteiger partial charge in [0.2, 0.25) is 10.0 Å². The molecule has 0 bridgehead atoms. The van der Waals surface area contributed by atoms with E-state index < -0.39 is 10.0 Å². The number of hydrogen-bond acceptors (Lipinski definition) is 3. The highest BCUT2D eigenvalue weighted by Gasteiger charge is 2.34.